The van der Waals surface area contributed by atoms with Crippen LogP contribution in [-0.4, -0.2) is 44.6 Å². The second-order valence-corrected chi connectivity index (χ2v) is 8.72. The van der Waals surface area contributed by atoms with Crippen LogP contribution in [0.15, 0.2) is 53.3 Å². The second-order valence-electron chi connectivity index (χ2n) is 7.81. The highest BCUT2D eigenvalue weighted by atomic mass is 79.9. The summed E-state index contributed by atoms with van der Waals surface area (Å²) in [5.41, 5.74) is 3.34. The quantitative estimate of drug-likeness (QED) is 0.607. The third kappa shape index (κ3) is 4.69. The largest absolute Gasteiger partial charge is 0.338 e. The summed E-state index contributed by atoms with van der Waals surface area (Å²) in [6.45, 7) is 4.94. The molecule has 1 fully saturated rings. The molecule has 2 aromatic heterocycles. The molecule has 0 unspecified atom stereocenters. The topological polar surface area (TPSA) is 80.1 Å². The number of rotatable bonds is 4. The SMILES string of the molecule is Cc1ccc(NC(=O)C2CCN(C(=O)c3cnn(-c4ccc(Br)cc4)c3C)CC2)nc1. The summed E-state index contributed by atoms with van der Waals surface area (Å²) in [7, 11) is 0. The van der Waals surface area contributed by atoms with Crippen molar-refractivity contribution >= 4 is 33.6 Å². The lowest BCUT2D eigenvalue weighted by molar-refractivity contribution is -0.121. The summed E-state index contributed by atoms with van der Waals surface area (Å²) in [5.74, 6) is 0.353. The summed E-state index contributed by atoms with van der Waals surface area (Å²) >= 11 is 3.43. The number of hydrogen-bond acceptors (Lipinski definition) is 4. The second kappa shape index (κ2) is 9.01. The number of carbonyl (C=O) groups excluding carboxylic acids is 2. The summed E-state index contributed by atoms with van der Waals surface area (Å²) < 4.78 is 2.76. The van der Waals surface area contributed by atoms with Crippen LogP contribution in [-0.2, 0) is 4.79 Å². The van der Waals surface area contributed by atoms with Crippen LogP contribution < -0.4 is 5.32 Å². The molecule has 3 aromatic rings. The van der Waals surface area contributed by atoms with Gasteiger partial charge in [0.1, 0.15) is 5.82 Å². The number of nitrogens with zero attached hydrogens (tertiary/aromatic N) is 4. The van der Waals surface area contributed by atoms with E-state index in [1.54, 1.807) is 23.1 Å². The first-order chi connectivity index (χ1) is 14.9. The van der Waals surface area contributed by atoms with Crippen molar-refractivity contribution in [2.75, 3.05) is 18.4 Å². The van der Waals surface area contributed by atoms with Crippen molar-refractivity contribution in [3.63, 3.8) is 0 Å². The molecule has 1 aromatic carbocycles. The standard InChI is InChI=1S/C23H24BrN5O2/c1-15-3-8-21(25-13-15)27-22(30)17-9-11-28(12-10-17)23(31)20-14-26-29(16(20)2)19-6-4-18(24)5-7-19/h3-8,13-14,17H,9-12H2,1-2H3,(H,25,27,30). The lowest BCUT2D eigenvalue weighted by Crippen LogP contribution is -2.41. The molecule has 0 radical (unpaired) electrons. The van der Waals surface area contributed by atoms with E-state index in [2.05, 4.69) is 31.3 Å². The molecule has 8 heteroatoms. The van der Waals surface area contributed by atoms with E-state index in [-0.39, 0.29) is 17.7 Å². The molecule has 0 bridgehead atoms. The Hall–Kier alpha value is -3.00. The Morgan fingerprint density at radius 2 is 1.74 bits per heavy atom. The first-order valence-corrected chi connectivity index (χ1v) is 11.0. The number of hydrogen-bond donors (Lipinski definition) is 1. The highest BCUT2D eigenvalue weighted by Gasteiger charge is 2.29. The highest BCUT2D eigenvalue weighted by molar-refractivity contribution is 9.10. The van der Waals surface area contributed by atoms with Crippen molar-refractivity contribution in [2.24, 2.45) is 5.92 Å². The van der Waals surface area contributed by atoms with Crippen LogP contribution in [0.1, 0.15) is 34.5 Å². The molecule has 4 rings (SSSR count). The minimum absolute atomic E-state index is 0.0392. The van der Waals surface area contributed by atoms with Crippen molar-refractivity contribution in [1.29, 1.82) is 0 Å². The average molecular weight is 482 g/mol. The van der Waals surface area contributed by atoms with Crippen molar-refractivity contribution in [3.05, 3.63) is 70.1 Å². The molecule has 7 nitrogen and oxygen atoms in total. The lowest BCUT2D eigenvalue weighted by atomic mass is 9.95. The summed E-state index contributed by atoms with van der Waals surface area (Å²) in [6.07, 6.45) is 4.61. The van der Waals surface area contributed by atoms with Gasteiger partial charge in [-0.25, -0.2) is 9.67 Å². The van der Waals surface area contributed by atoms with Crippen LogP contribution in [0.3, 0.4) is 0 Å². The number of piperidine rings is 1. The average Bonchev–Trinajstić information content (AvgIpc) is 3.16. The van der Waals surface area contributed by atoms with E-state index < -0.39 is 0 Å². The van der Waals surface area contributed by atoms with Gasteiger partial charge in [0.15, 0.2) is 0 Å². The van der Waals surface area contributed by atoms with Gasteiger partial charge >= 0.3 is 0 Å². The Morgan fingerprint density at radius 1 is 1.03 bits per heavy atom. The van der Waals surface area contributed by atoms with Crippen LogP contribution in [0.5, 0.6) is 0 Å². The summed E-state index contributed by atoms with van der Waals surface area (Å²) in [4.78, 5) is 31.7. The van der Waals surface area contributed by atoms with Gasteiger partial charge < -0.3 is 10.2 Å². The maximum atomic E-state index is 13.1. The molecule has 3 heterocycles. The number of nitrogens with one attached hydrogen (secondary N) is 1. The predicted molar refractivity (Wildman–Crippen MR) is 122 cm³/mol. The molecule has 31 heavy (non-hydrogen) atoms. The molecular weight excluding hydrogens is 458 g/mol. The number of likely N-dealkylation sites (tertiary alicyclic amines) is 1. The highest BCUT2D eigenvalue weighted by Crippen LogP contribution is 2.23. The van der Waals surface area contributed by atoms with Gasteiger partial charge in [0.2, 0.25) is 5.91 Å². The zero-order chi connectivity index (χ0) is 22.0. The van der Waals surface area contributed by atoms with E-state index in [4.69, 9.17) is 0 Å². The zero-order valence-corrected chi connectivity index (χ0v) is 19.1. The normalized spacial score (nSPS) is 14.5. The van der Waals surface area contributed by atoms with Gasteiger partial charge in [0, 0.05) is 29.7 Å². The van der Waals surface area contributed by atoms with Crippen molar-refractivity contribution in [1.82, 2.24) is 19.7 Å². The molecule has 1 aliphatic rings. The van der Waals surface area contributed by atoms with Crippen molar-refractivity contribution in [2.45, 2.75) is 26.7 Å². The van der Waals surface area contributed by atoms with Crippen LogP contribution in [0, 0.1) is 19.8 Å². The number of pyridine rings is 1. The number of benzene rings is 1. The Labute approximate surface area is 189 Å². The minimum atomic E-state index is -0.126. The van der Waals surface area contributed by atoms with Gasteiger partial charge in [-0.05, 0) is 62.6 Å². The van der Waals surface area contributed by atoms with Gasteiger partial charge in [-0.3, -0.25) is 9.59 Å². The minimum Gasteiger partial charge on any atom is -0.338 e. The van der Waals surface area contributed by atoms with E-state index in [1.165, 1.54) is 0 Å². The molecule has 2 amide bonds. The third-order valence-corrected chi connectivity index (χ3v) is 6.16. The summed E-state index contributed by atoms with van der Waals surface area (Å²) in [6, 6.07) is 11.5. The smallest absolute Gasteiger partial charge is 0.257 e. The van der Waals surface area contributed by atoms with Gasteiger partial charge in [-0.2, -0.15) is 5.10 Å². The van der Waals surface area contributed by atoms with Gasteiger partial charge in [-0.1, -0.05) is 22.0 Å². The Kier molecular flexibility index (Phi) is 6.18. The maximum absolute atomic E-state index is 13.1. The zero-order valence-electron chi connectivity index (χ0n) is 17.5. The van der Waals surface area contributed by atoms with Crippen LogP contribution in [0.4, 0.5) is 5.82 Å². The molecule has 1 aliphatic heterocycles. The maximum Gasteiger partial charge on any atom is 0.257 e. The van der Waals surface area contributed by atoms with E-state index >= 15 is 0 Å². The van der Waals surface area contributed by atoms with Gasteiger partial charge in [0.05, 0.1) is 23.1 Å². The number of amides is 2. The van der Waals surface area contributed by atoms with Crippen LogP contribution in [0.2, 0.25) is 0 Å². The fourth-order valence-electron chi connectivity index (χ4n) is 3.75. The fraction of sp³-hybridized carbons (Fsp3) is 0.304. The number of aromatic nitrogens is 3. The van der Waals surface area contributed by atoms with Crippen molar-refractivity contribution < 1.29 is 9.59 Å². The molecule has 0 aliphatic carbocycles. The molecule has 0 atom stereocenters. The molecule has 160 valence electrons. The first-order valence-electron chi connectivity index (χ1n) is 10.3. The Bertz CT molecular complexity index is 1080. The molecule has 1 N–H and O–H groups in total. The molecular formula is C23H24BrN5O2. The Morgan fingerprint density at radius 3 is 2.39 bits per heavy atom. The van der Waals surface area contributed by atoms with Gasteiger partial charge in [-0.15, -0.1) is 0 Å². The Balaban J connectivity index is 1.37. The number of halogens is 1. The number of carbonyl (C=O) groups is 2. The summed E-state index contributed by atoms with van der Waals surface area (Å²) in [5, 5.41) is 7.29. The van der Waals surface area contributed by atoms with Crippen molar-refractivity contribution in [3.8, 4) is 5.69 Å². The lowest BCUT2D eigenvalue weighted by Gasteiger charge is -2.31. The van der Waals surface area contributed by atoms with Crippen LogP contribution in [0.25, 0.3) is 5.69 Å². The molecule has 1 saturated heterocycles. The molecule has 0 spiro atoms. The van der Waals surface area contributed by atoms with Gasteiger partial charge in [0.25, 0.3) is 5.91 Å². The molecule has 0 saturated carbocycles. The van der Waals surface area contributed by atoms with E-state index in [9.17, 15) is 9.59 Å². The van der Waals surface area contributed by atoms with E-state index in [0.29, 0.717) is 37.3 Å². The fourth-order valence-corrected chi connectivity index (χ4v) is 4.01. The van der Waals surface area contributed by atoms with E-state index in [1.807, 2.05) is 49.1 Å². The number of anilines is 1. The third-order valence-electron chi connectivity index (χ3n) is 5.63. The first kappa shape index (κ1) is 21.2. The predicted octanol–water partition coefficient (Wildman–Crippen LogP) is 4.14. The number of aryl methyl sites for hydroxylation is 1. The van der Waals surface area contributed by atoms with E-state index in [0.717, 1.165) is 21.4 Å². The monoisotopic (exact) mass is 481 g/mol. The van der Waals surface area contributed by atoms with Crippen LogP contribution >= 0.6 is 15.9 Å².